The van der Waals surface area contributed by atoms with Crippen LogP contribution in [0.2, 0.25) is 0 Å². The number of phenolic OH excluding ortho intramolecular Hbond substituents is 1. The van der Waals surface area contributed by atoms with E-state index in [2.05, 4.69) is 10.3 Å². The first-order chi connectivity index (χ1) is 17.3. The second kappa shape index (κ2) is 9.67. The second-order valence-electron chi connectivity index (χ2n) is 11.4. The van der Waals surface area contributed by atoms with Gasteiger partial charge in [-0.25, -0.2) is 9.79 Å². The number of imide groups is 1. The maximum Gasteiger partial charge on any atom is 0.325 e. The summed E-state index contributed by atoms with van der Waals surface area (Å²) in [5.41, 5.74) is 8.80. The van der Waals surface area contributed by atoms with E-state index in [4.69, 9.17) is 5.73 Å². The molecule has 0 saturated carbocycles. The Morgan fingerprint density at radius 2 is 1.65 bits per heavy atom. The number of thiophene rings is 1. The zero-order chi connectivity index (χ0) is 27.1. The number of nitrogens with one attached hydrogen (secondary N) is 1. The lowest BCUT2D eigenvalue weighted by Gasteiger charge is -2.30. The minimum absolute atomic E-state index is 0.261. The molecule has 0 spiro atoms. The second-order valence-corrected chi connectivity index (χ2v) is 12.3. The number of amidine groups is 1. The number of hydrogen-bond donors (Lipinski definition) is 3. The molecule has 8 heteroatoms. The summed E-state index contributed by atoms with van der Waals surface area (Å²) < 4.78 is 0. The molecule has 37 heavy (non-hydrogen) atoms. The number of nitrogens with zero attached hydrogens (tertiary/aromatic N) is 2. The van der Waals surface area contributed by atoms with Crippen LogP contribution in [0.25, 0.3) is 0 Å². The highest BCUT2D eigenvalue weighted by Crippen LogP contribution is 2.42. The molecule has 0 radical (unpaired) electrons. The monoisotopic (exact) mass is 518 g/mol. The topological polar surface area (TPSA) is 108 Å². The van der Waals surface area contributed by atoms with Crippen LogP contribution in [-0.2, 0) is 10.8 Å². The van der Waals surface area contributed by atoms with Crippen molar-refractivity contribution in [3.05, 3.63) is 81.0 Å². The number of aliphatic imine (C=N–C) groups is 1. The molecular formula is C29H34N4O3S. The molecule has 7 nitrogen and oxygen atoms in total. The van der Waals surface area contributed by atoms with Crippen molar-refractivity contribution in [2.24, 2.45) is 10.7 Å². The van der Waals surface area contributed by atoms with E-state index in [1.54, 1.807) is 24.3 Å². The number of hydrogen-bond acceptors (Lipinski definition) is 5. The first-order valence-corrected chi connectivity index (χ1v) is 13.1. The summed E-state index contributed by atoms with van der Waals surface area (Å²) in [6, 6.07) is 13.4. The van der Waals surface area contributed by atoms with Crippen LogP contribution < -0.4 is 11.1 Å². The number of nitrogens with two attached hydrogens (primary N) is 1. The van der Waals surface area contributed by atoms with Crippen LogP contribution in [0.15, 0.2) is 58.9 Å². The molecule has 2 aromatic carbocycles. The van der Waals surface area contributed by atoms with Gasteiger partial charge < -0.3 is 16.2 Å². The van der Waals surface area contributed by atoms with Crippen molar-refractivity contribution in [3.8, 4) is 5.75 Å². The van der Waals surface area contributed by atoms with E-state index in [-0.39, 0.29) is 16.6 Å². The molecule has 0 bridgehead atoms. The van der Waals surface area contributed by atoms with Gasteiger partial charge in [-0.1, -0.05) is 47.6 Å². The molecule has 3 amide bonds. The summed E-state index contributed by atoms with van der Waals surface area (Å²) in [4.78, 5) is 33.0. The Morgan fingerprint density at radius 1 is 1.05 bits per heavy atom. The van der Waals surface area contributed by atoms with Gasteiger partial charge in [-0.05, 0) is 75.4 Å². The molecule has 4 rings (SSSR count). The van der Waals surface area contributed by atoms with Crippen molar-refractivity contribution in [2.75, 3.05) is 6.54 Å². The smallest absolute Gasteiger partial charge is 0.325 e. The molecule has 1 aliphatic heterocycles. The Labute approximate surface area is 222 Å². The van der Waals surface area contributed by atoms with Gasteiger partial charge in [0.25, 0.3) is 5.91 Å². The summed E-state index contributed by atoms with van der Waals surface area (Å²) in [5.74, 6) is 0.269. The van der Waals surface area contributed by atoms with E-state index in [0.29, 0.717) is 23.6 Å². The van der Waals surface area contributed by atoms with Gasteiger partial charge in [-0.3, -0.25) is 9.69 Å². The first kappa shape index (κ1) is 26.4. The zero-order valence-corrected chi connectivity index (χ0v) is 22.9. The van der Waals surface area contributed by atoms with Crippen LogP contribution in [0.1, 0.15) is 79.5 Å². The SMILES string of the molecule is CC(C)(C)c1cc(C2CNC(=O)N2C(=O)c2ccc(N=C(N)c3cccs3)cc2)cc(C(C)(C)C)c1O. The Morgan fingerprint density at radius 3 is 2.16 bits per heavy atom. The van der Waals surface area contributed by atoms with Gasteiger partial charge in [0, 0.05) is 12.1 Å². The van der Waals surface area contributed by atoms with Crippen molar-refractivity contribution >= 4 is 34.8 Å². The first-order valence-electron chi connectivity index (χ1n) is 12.2. The van der Waals surface area contributed by atoms with Crippen LogP contribution >= 0.6 is 11.3 Å². The molecule has 4 N–H and O–H groups in total. The van der Waals surface area contributed by atoms with E-state index in [1.165, 1.54) is 16.2 Å². The predicted molar refractivity (Wildman–Crippen MR) is 149 cm³/mol. The highest BCUT2D eigenvalue weighted by molar-refractivity contribution is 7.12. The Bertz CT molecular complexity index is 1310. The van der Waals surface area contributed by atoms with Crippen molar-refractivity contribution in [1.82, 2.24) is 10.2 Å². The van der Waals surface area contributed by atoms with Gasteiger partial charge in [-0.2, -0.15) is 0 Å². The minimum atomic E-state index is -0.505. The van der Waals surface area contributed by atoms with Gasteiger partial charge in [0.15, 0.2) is 0 Å². The Hall–Kier alpha value is -3.65. The summed E-state index contributed by atoms with van der Waals surface area (Å²) >= 11 is 1.50. The van der Waals surface area contributed by atoms with Gasteiger partial charge in [0.05, 0.1) is 16.6 Å². The molecule has 1 unspecified atom stereocenters. The largest absolute Gasteiger partial charge is 0.507 e. The number of phenols is 1. The standard InChI is InChI=1S/C29H34N4O3S/c1-28(2,3)20-14-18(15-21(24(20)34)29(4,5)6)22-16-31-27(36)33(22)26(35)17-9-11-19(12-10-17)32-25(30)23-8-7-13-37-23/h7-15,22,34H,16H2,1-6H3,(H2,30,32)(H,31,36). The zero-order valence-electron chi connectivity index (χ0n) is 22.1. The number of carbonyl (C=O) groups excluding carboxylic acids is 2. The summed E-state index contributed by atoms with van der Waals surface area (Å²) in [6.07, 6.45) is 0. The average Bonchev–Trinajstić information content (AvgIpc) is 3.48. The van der Waals surface area contributed by atoms with E-state index in [9.17, 15) is 14.7 Å². The Balaban J connectivity index is 1.68. The quantitative estimate of drug-likeness (QED) is 0.291. The third-order valence-corrected chi connectivity index (χ3v) is 7.36. The highest BCUT2D eigenvalue weighted by Gasteiger charge is 2.39. The predicted octanol–water partition coefficient (Wildman–Crippen LogP) is 5.99. The van der Waals surface area contributed by atoms with Gasteiger partial charge in [0.2, 0.25) is 0 Å². The number of amides is 3. The van der Waals surface area contributed by atoms with Crippen LogP contribution in [0.5, 0.6) is 5.75 Å². The minimum Gasteiger partial charge on any atom is -0.507 e. The molecule has 0 aliphatic carbocycles. The molecule has 194 valence electrons. The van der Waals surface area contributed by atoms with E-state index < -0.39 is 18.0 Å². The lowest BCUT2D eigenvalue weighted by Crippen LogP contribution is -2.36. The van der Waals surface area contributed by atoms with Crippen LogP contribution in [0.3, 0.4) is 0 Å². The van der Waals surface area contributed by atoms with Crippen molar-refractivity contribution in [3.63, 3.8) is 0 Å². The summed E-state index contributed by atoms with van der Waals surface area (Å²) in [5, 5.41) is 15.8. The molecule has 1 aromatic heterocycles. The third-order valence-electron chi connectivity index (χ3n) is 6.47. The van der Waals surface area contributed by atoms with E-state index >= 15 is 0 Å². The maximum atomic E-state index is 13.5. The molecule has 1 saturated heterocycles. The fraction of sp³-hybridized carbons (Fsp3) is 0.345. The number of carbonyl (C=O) groups is 2. The van der Waals surface area contributed by atoms with Crippen molar-refractivity contribution < 1.29 is 14.7 Å². The van der Waals surface area contributed by atoms with Crippen molar-refractivity contribution in [2.45, 2.75) is 58.4 Å². The van der Waals surface area contributed by atoms with Crippen LogP contribution in [0.4, 0.5) is 10.5 Å². The molecule has 3 aromatic rings. The average molecular weight is 519 g/mol. The molecule has 2 heterocycles. The van der Waals surface area contributed by atoms with E-state index in [0.717, 1.165) is 21.6 Å². The van der Waals surface area contributed by atoms with Crippen LogP contribution in [-0.4, -0.2) is 34.3 Å². The molecule has 1 aliphatic rings. The van der Waals surface area contributed by atoms with Crippen LogP contribution in [0, 0.1) is 0 Å². The van der Waals surface area contributed by atoms with E-state index in [1.807, 2.05) is 71.2 Å². The summed E-state index contributed by atoms with van der Waals surface area (Å²) in [6.45, 7) is 12.5. The normalized spacial score (nSPS) is 16.7. The van der Waals surface area contributed by atoms with Gasteiger partial charge >= 0.3 is 6.03 Å². The maximum absolute atomic E-state index is 13.5. The third kappa shape index (κ3) is 5.39. The summed E-state index contributed by atoms with van der Waals surface area (Å²) in [7, 11) is 0. The highest BCUT2D eigenvalue weighted by atomic mass is 32.1. The lowest BCUT2D eigenvalue weighted by molar-refractivity contribution is 0.0785. The van der Waals surface area contributed by atoms with Gasteiger partial charge in [0.1, 0.15) is 11.6 Å². The lowest BCUT2D eigenvalue weighted by atomic mass is 9.77. The molecular weight excluding hydrogens is 484 g/mol. The number of benzene rings is 2. The fourth-order valence-electron chi connectivity index (χ4n) is 4.43. The fourth-order valence-corrected chi connectivity index (χ4v) is 5.06. The number of aromatic hydroxyl groups is 1. The molecule has 1 atom stereocenters. The Kier molecular flexibility index (Phi) is 6.90. The van der Waals surface area contributed by atoms with Crippen molar-refractivity contribution in [1.29, 1.82) is 0 Å². The van der Waals surface area contributed by atoms with Gasteiger partial charge in [-0.15, -0.1) is 11.3 Å². The number of urea groups is 1. The number of rotatable bonds is 4. The molecule has 1 fully saturated rings.